The Morgan fingerprint density at radius 3 is 2.78 bits per heavy atom. The van der Waals surface area contributed by atoms with Crippen LogP contribution in [0.2, 0.25) is 0 Å². The minimum atomic E-state index is 0. The lowest BCUT2D eigenvalue weighted by Gasteiger charge is -2.34. The van der Waals surface area contributed by atoms with Crippen molar-refractivity contribution < 1.29 is 5.11 Å². The second kappa shape index (κ2) is 10.4. The van der Waals surface area contributed by atoms with E-state index in [2.05, 4.69) is 38.7 Å². The Hall–Kier alpha value is -1.97. The number of hydrogen-bond acceptors (Lipinski definition) is 4. The van der Waals surface area contributed by atoms with E-state index in [-0.39, 0.29) is 29.7 Å². The van der Waals surface area contributed by atoms with Crippen molar-refractivity contribution in [3.8, 4) is 5.75 Å². The topological polar surface area (TPSA) is 77.7 Å². The summed E-state index contributed by atoms with van der Waals surface area (Å²) in [6.07, 6.45) is 6.25. The molecule has 1 unspecified atom stereocenters. The Morgan fingerprint density at radius 1 is 1.33 bits per heavy atom. The van der Waals surface area contributed by atoms with Crippen molar-refractivity contribution in [1.82, 2.24) is 20.4 Å². The Kier molecular flexibility index (Phi) is 8.21. The summed E-state index contributed by atoms with van der Waals surface area (Å²) in [5.41, 5.74) is 2.24. The van der Waals surface area contributed by atoms with E-state index in [4.69, 9.17) is 0 Å². The predicted octanol–water partition coefficient (Wildman–Crippen LogP) is 2.47. The largest absolute Gasteiger partial charge is 0.508 e. The van der Waals surface area contributed by atoms with Crippen LogP contribution in [0.1, 0.15) is 25.3 Å². The number of rotatable bonds is 5. The summed E-state index contributed by atoms with van der Waals surface area (Å²) in [6, 6.07) is 7.53. The molecule has 1 aliphatic heterocycles. The maximum Gasteiger partial charge on any atom is 0.191 e. The highest BCUT2D eigenvalue weighted by Crippen LogP contribution is 2.19. The number of anilines is 1. The van der Waals surface area contributed by atoms with E-state index in [0.717, 1.165) is 44.0 Å². The van der Waals surface area contributed by atoms with Gasteiger partial charge in [0, 0.05) is 38.9 Å². The van der Waals surface area contributed by atoms with Crippen LogP contribution < -0.4 is 15.5 Å². The van der Waals surface area contributed by atoms with Gasteiger partial charge in [0.05, 0.1) is 18.4 Å². The molecule has 0 bridgehead atoms. The van der Waals surface area contributed by atoms with Gasteiger partial charge in [0.15, 0.2) is 5.96 Å². The number of hydrogen-bond donors (Lipinski definition) is 3. The van der Waals surface area contributed by atoms with Crippen molar-refractivity contribution >= 4 is 35.6 Å². The normalized spacial score (nSPS) is 17.3. The van der Waals surface area contributed by atoms with Gasteiger partial charge in [-0.3, -0.25) is 4.68 Å². The molecule has 3 N–H and O–H groups in total. The molecule has 2 aromatic rings. The lowest BCUT2D eigenvalue weighted by Crippen LogP contribution is -2.51. The molecule has 1 saturated heterocycles. The first-order chi connectivity index (χ1) is 12.6. The first kappa shape index (κ1) is 21.3. The third-order valence-electron chi connectivity index (χ3n) is 4.52. The molecule has 1 aromatic carbocycles. The number of halogens is 1. The summed E-state index contributed by atoms with van der Waals surface area (Å²) in [6.45, 7) is 5.47. The molecule has 2 heterocycles. The van der Waals surface area contributed by atoms with Crippen LogP contribution in [0.5, 0.6) is 5.75 Å². The molecule has 0 aliphatic carbocycles. The van der Waals surface area contributed by atoms with Gasteiger partial charge in [-0.05, 0) is 37.5 Å². The standard InChI is InChI=1S/C19H28N6O.HI/c1-3-20-19(21-11-15-6-8-18(26)9-7-15)23-16-5-4-10-25(13-16)17-12-22-24(2)14-17;/h6-9,12,14,16,26H,3-5,10-11,13H2,1-2H3,(H2,20,21,23);1H. The van der Waals surface area contributed by atoms with Crippen LogP contribution in [0.4, 0.5) is 5.69 Å². The minimum absolute atomic E-state index is 0. The lowest BCUT2D eigenvalue weighted by molar-refractivity contribution is 0.468. The fourth-order valence-electron chi connectivity index (χ4n) is 3.19. The summed E-state index contributed by atoms with van der Waals surface area (Å²) >= 11 is 0. The van der Waals surface area contributed by atoms with Crippen molar-refractivity contribution in [2.45, 2.75) is 32.4 Å². The van der Waals surface area contributed by atoms with E-state index in [9.17, 15) is 5.11 Å². The van der Waals surface area contributed by atoms with Gasteiger partial charge in [-0.1, -0.05) is 12.1 Å². The average molecular weight is 484 g/mol. The molecular weight excluding hydrogens is 455 g/mol. The van der Waals surface area contributed by atoms with Crippen LogP contribution in [0.25, 0.3) is 0 Å². The number of guanidine groups is 1. The van der Waals surface area contributed by atoms with Crippen LogP contribution in [0.15, 0.2) is 41.7 Å². The molecule has 1 aliphatic rings. The Bertz CT molecular complexity index is 730. The Balaban J connectivity index is 0.00000261. The Labute approximate surface area is 177 Å². The molecule has 7 nitrogen and oxygen atoms in total. The molecule has 0 spiro atoms. The summed E-state index contributed by atoms with van der Waals surface area (Å²) in [7, 11) is 1.95. The van der Waals surface area contributed by atoms with E-state index < -0.39 is 0 Å². The number of aromatic hydroxyl groups is 1. The number of phenolic OH excluding ortho intramolecular Hbond substituents is 1. The average Bonchev–Trinajstić information content (AvgIpc) is 3.08. The number of piperidine rings is 1. The van der Waals surface area contributed by atoms with Crippen LogP contribution in [-0.2, 0) is 13.6 Å². The van der Waals surface area contributed by atoms with Gasteiger partial charge in [-0.25, -0.2) is 4.99 Å². The van der Waals surface area contributed by atoms with Gasteiger partial charge in [-0.15, -0.1) is 24.0 Å². The summed E-state index contributed by atoms with van der Waals surface area (Å²) in [4.78, 5) is 7.06. The van der Waals surface area contributed by atoms with Crippen molar-refractivity contribution in [2.75, 3.05) is 24.5 Å². The molecular formula is C19H29IN6O. The van der Waals surface area contributed by atoms with E-state index in [1.54, 1.807) is 12.1 Å². The third-order valence-corrected chi connectivity index (χ3v) is 4.52. The van der Waals surface area contributed by atoms with Crippen molar-refractivity contribution in [1.29, 1.82) is 0 Å². The zero-order chi connectivity index (χ0) is 18.4. The number of benzene rings is 1. The zero-order valence-corrected chi connectivity index (χ0v) is 18.3. The first-order valence-corrected chi connectivity index (χ1v) is 9.20. The summed E-state index contributed by atoms with van der Waals surface area (Å²) in [5, 5.41) is 20.6. The maximum atomic E-state index is 9.38. The van der Waals surface area contributed by atoms with Crippen LogP contribution >= 0.6 is 24.0 Å². The van der Waals surface area contributed by atoms with E-state index in [1.807, 2.05) is 30.1 Å². The van der Waals surface area contributed by atoms with Crippen molar-refractivity contribution in [3.63, 3.8) is 0 Å². The highest BCUT2D eigenvalue weighted by molar-refractivity contribution is 14.0. The van der Waals surface area contributed by atoms with Gasteiger partial charge in [0.1, 0.15) is 5.75 Å². The summed E-state index contributed by atoms with van der Waals surface area (Å²) in [5.74, 6) is 1.11. The van der Waals surface area contributed by atoms with Gasteiger partial charge in [0.25, 0.3) is 0 Å². The van der Waals surface area contributed by atoms with Gasteiger partial charge < -0.3 is 20.6 Å². The molecule has 3 rings (SSSR count). The number of nitrogens with zero attached hydrogens (tertiary/aromatic N) is 4. The van der Waals surface area contributed by atoms with E-state index in [0.29, 0.717) is 12.6 Å². The molecule has 1 atom stereocenters. The van der Waals surface area contributed by atoms with E-state index >= 15 is 0 Å². The number of aromatic nitrogens is 2. The number of nitrogens with one attached hydrogen (secondary N) is 2. The molecule has 148 valence electrons. The number of phenols is 1. The van der Waals surface area contributed by atoms with Crippen molar-refractivity contribution in [3.05, 3.63) is 42.2 Å². The lowest BCUT2D eigenvalue weighted by atomic mass is 10.1. The molecule has 1 aromatic heterocycles. The first-order valence-electron chi connectivity index (χ1n) is 9.20. The monoisotopic (exact) mass is 484 g/mol. The van der Waals surface area contributed by atoms with Crippen molar-refractivity contribution in [2.24, 2.45) is 12.0 Å². The molecule has 0 radical (unpaired) electrons. The molecule has 1 fully saturated rings. The second-order valence-corrected chi connectivity index (χ2v) is 6.66. The molecule has 0 amide bonds. The fourth-order valence-corrected chi connectivity index (χ4v) is 3.19. The van der Waals surface area contributed by atoms with Crippen LogP contribution in [-0.4, -0.2) is 46.5 Å². The predicted molar refractivity (Wildman–Crippen MR) is 120 cm³/mol. The minimum Gasteiger partial charge on any atom is -0.508 e. The number of aryl methyl sites for hydroxylation is 1. The smallest absolute Gasteiger partial charge is 0.191 e. The van der Waals surface area contributed by atoms with Gasteiger partial charge >= 0.3 is 0 Å². The summed E-state index contributed by atoms with van der Waals surface area (Å²) < 4.78 is 1.84. The third kappa shape index (κ3) is 6.30. The Morgan fingerprint density at radius 2 is 2.11 bits per heavy atom. The number of aliphatic imine (C=N–C) groups is 1. The molecule has 0 saturated carbocycles. The quantitative estimate of drug-likeness (QED) is 0.346. The van der Waals surface area contributed by atoms with Gasteiger partial charge in [-0.2, -0.15) is 5.10 Å². The maximum absolute atomic E-state index is 9.38. The van der Waals surface area contributed by atoms with Gasteiger partial charge in [0.2, 0.25) is 0 Å². The highest BCUT2D eigenvalue weighted by Gasteiger charge is 2.21. The fraction of sp³-hybridized carbons (Fsp3) is 0.474. The molecule has 8 heteroatoms. The highest BCUT2D eigenvalue weighted by atomic mass is 127. The van der Waals surface area contributed by atoms with Crippen LogP contribution in [0, 0.1) is 0 Å². The zero-order valence-electron chi connectivity index (χ0n) is 15.9. The SMILES string of the molecule is CCNC(=NCc1ccc(O)cc1)NC1CCCN(c2cnn(C)c2)C1.I. The second-order valence-electron chi connectivity index (χ2n) is 6.66. The van der Waals surface area contributed by atoms with E-state index in [1.165, 1.54) is 5.69 Å². The molecule has 27 heavy (non-hydrogen) atoms. The van der Waals surface area contributed by atoms with Crippen LogP contribution in [0.3, 0.4) is 0 Å².